The average Bonchev–Trinajstić information content (AvgIpc) is 2.75. The van der Waals surface area contributed by atoms with E-state index in [1.807, 2.05) is 6.07 Å². The molecule has 1 fully saturated rings. The largest absolute Gasteiger partial charge is 0.478 e. The van der Waals surface area contributed by atoms with Gasteiger partial charge in [-0.15, -0.1) is 0 Å². The lowest BCUT2D eigenvalue weighted by molar-refractivity contribution is 0.0695. The minimum atomic E-state index is -1.07. The van der Waals surface area contributed by atoms with Crippen molar-refractivity contribution in [3.8, 4) is 0 Å². The molecule has 0 bridgehead atoms. The molecule has 2 aromatic carbocycles. The van der Waals surface area contributed by atoms with Gasteiger partial charge in [-0.05, 0) is 48.4 Å². The van der Waals surface area contributed by atoms with Crippen molar-refractivity contribution in [3.63, 3.8) is 0 Å². The first kappa shape index (κ1) is 20.0. The molecule has 1 aromatic heterocycles. The van der Waals surface area contributed by atoms with Crippen LogP contribution in [0.1, 0.15) is 40.0 Å². The first-order valence-electron chi connectivity index (χ1n) is 10.2. The van der Waals surface area contributed by atoms with Gasteiger partial charge in [0.2, 0.25) is 5.95 Å². The number of rotatable bonds is 6. The van der Waals surface area contributed by atoms with Crippen LogP contribution in [0, 0.1) is 11.7 Å². The molecule has 5 nitrogen and oxygen atoms in total. The van der Waals surface area contributed by atoms with Crippen LogP contribution >= 0.6 is 0 Å². The summed E-state index contributed by atoms with van der Waals surface area (Å²) in [6, 6.07) is 16.7. The van der Waals surface area contributed by atoms with E-state index in [9.17, 15) is 14.3 Å². The molecule has 30 heavy (non-hydrogen) atoms. The van der Waals surface area contributed by atoms with Crippen molar-refractivity contribution in [2.24, 2.45) is 5.92 Å². The Bertz CT molecular complexity index is 1020. The first-order chi connectivity index (χ1) is 14.6. The van der Waals surface area contributed by atoms with Gasteiger partial charge in [0, 0.05) is 25.7 Å². The zero-order chi connectivity index (χ0) is 20.9. The van der Waals surface area contributed by atoms with Crippen molar-refractivity contribution in [1.29, 1.82) is 0 Å². The van der Waals surface area contributed by atoms with E-state index in [0.717, 1.165) is 32.4 Å². The van der Waals surface area contributed by atoms with E-state index < -0.39 is 5.97 Å². The standard InChI is InChI=1S/C24H24FN3O2/c25-20-8-4-7-19(14-20)15-22-21(23(29)30)16-26-24(27-22)28-11-9-18(10-12-28)13-17-5-2-1-3-6-17/h1-8,14,16,18H,9-13,15H2,(H,29,30). The van der Waals surface area contributed by atoms with Gasteiger partial charge < -0.3 is 10.0 Å². The van der Waals surface area contributed by atoms with E-state index in [1.54, 1.807) is 12.1 Å². The molecule has 1 aliphatic rings. The Morgan fingerprint density at radius 3 is 2.50 bits per heavy atom. The van der Waals surface area contributed by atoms with Crippen LogP contribution in [0.15, 0.2) is 60.8 Å². The Balaban J connectivity index is 1.47. The summed E-state index contributed by atoms with van der Waals surface area (Å²) in [5, 5.41) is 9.51. The van der Waals surface area contributed by atoms with E-state index in [2.05, 4.69) is 39.1 Å². The third-order valence-corrected chi connectivity index (χ3v) is 5.61. The Morgan fingerprint density at radius 1 is 1.07 bits per heavy atom. The molecule has 0 saturated carbocycles. The SMILES string of the molecule is O=C(O)c1cnc(N2CCC(Cc3ccccc3)CC2)nc1Cc1cccc(F)c1. The molecule has 2 heterocycles. The van der Waals surface area contributed by atoms with Gasteiger partial charge in [-0.25, -0.2) is 19.2 Å². The molecule has 3 aromatic rings. The summed E-state index contributed by atoms with van der Waals surface area (Å²) in [5.74, 6) is -0.257. The second-order valence-electron chi connectivity index (χ2n) is 7.76. The highest BCUT2D eigenvalue weighted by atomic mass is 19.1. The summed E-state index contributed by atoms with van der Waals surface area (Å²) < 4.78 is 13.5. The van der Waals surface area contributed by atoms with Crippen molar-refractivity contribution in [2.75, 3.05) is 18.0 Å². The minimum absolute atomic E-state index is 0.0574. The predicted molar refractivity (Wildman–Crippen MR) is 113 cm³/mol. The number of halogens is 1. The highest BCUT2D eigenvalue weighted by Gasteiger charge is 2.23. The van der Waals surface area contributed by atoms with Gasteiger partial charge in [0.1, 0.15) is 5.82 Å². The Labute approximate surface area is 175 Å². The van der Waals surface area contributed by atoms with Gasteiger partial charge in [0.15, 0.2) is 0 Å². The smallest absolute Gasteiger partial charge is 0.339 e. The fraction of sp³-hybridized carbons (Fsp3) is 0.292. The van der Waals surface area contributed by atoms with E-state index in [-0.39, 0.29) is 17.8 Å². The second-order valence-corrected chi connectivity index (χ2v) is 7.76. The lowest BCUT2D eigenvalue weighted by Gasteiger charge is -2.32. The number of benzene rings is 2. The van der Waals surface area contributed by atoms with Crippen LogP contribution in [-0.4, -0.2) is 34.1 Å². The summed E-state index contributed by atoms with van der Waals surface area (Å²) in [7, 11) is 0. The summed E-state index contributed by atoms with van der Waals surface area (Å²) in [6.45, 7) is 1.67. The molecule has 0 unspecified atom stereocenters. The molecule has 1 aliphatic heterocycles. The van der Waals surface area contributed by atoms with Crippen LogP contribution < -0.4 is 4.90 Å². The molecule has 1 saturated heterocycles. The van der Waals surface area contributed by atoms with Crippen molar-refractivity contribution in [2.45, 2.75) is 25.7 Å². The van der Waals surface area contributed by atoms with Gasteiger partial charge >= 0.3 is 5.97 Å². The first-order valence-corrected chi connectivity index (χ1v) is 10.2. The molecule has 154 valence electrons. The number of carboxylic acids is 1. The van der Waals surface area contributed by atoms with Crippen LogP contribution in [0.2, 0.25) is 0 Å². The Hall–Kier alpha value is -3.28. The number of anilines is 1. The fourth-order valence-corrected chi connectivity index (χ4v) is 4.00. The van der Waals surface area contributed by atoms with E-state index >= 15 is 0 Å². The highest BCUT2D eigenvalue weighted by Crippen LogP contribution is 2.25. The van der Waals surface area contributed by atoms with Crippen molar-refractivity contribution in [3.05, 3.63) is 89.0 Å². The minimum Gasteiger partial charge on any atom is -0.478 e. The lowest BCUT2D eigenvalue weighted by atomic mass is 9.90. The Morgan fingerprint density at radius 2 is 1.80 bits per heavy atom. The number of carbonyl (C=O) groups is 1. The molecular weight excluding hydrogens is 381 g/mol. The van der Waals surface area contributed by atoms with Crippen molar-refractivity contribution >= 4 is 11.9 Å². The third kappa shape index (κ3) is 4.82. The Kier molecular flexibility index (Phi) is 6.02. The molecular formula is C24H24FN3O2. The number of hydrogen-bond donors (Lipinski definition) is 1. The van der Waals surface area contributed by atoms with Gasteiger partial charge in [-0.3, -0.25) is 0 Å². The fourth-order valence-electron chi connectivity index (χ4n) is 4.00. The molecule has 6 heteroatoms. The zero-order valence-electron chi connectivity index (χ0n) is 16.7. The highest BCUT2D eigenvalue weighted by molar-refractivity contribution is 5.88. The predicted octanol–water partition coefficient (Wildman–Crippen LogP) is 4.36. The second kappa shape index (κ2) is 9.03. The topological polar surface area (TPSA) is 66.3 Å². The summed E-state index contributed by atoms with van der Waals surface area (Å²) in [4.78, 5) is 22.6. The zero-order valence-corrected chi connectivity index (χ0v) is 16.7. The maximum Gasteiger partial charge on any atom is 0.339 e. The molecule has 0 spiro atoms. The number of carboxylic acid groups (broad SMARTS) is 1. The van der Waals surface area contributed by atoms with Gasteiger partial charge in [0.05, 0.1) is 11.3 Å². The number of aromatic nitrogens is 2. The maximum absolute atomic E-state index is 13.5. The van der Waals surface area contributed by atoms with Crippen LogP contribution in [0.4, 0.5) is 10.3 Å². The molecule has 0 radical (unpaired) electrons. The van der Waals surface area contributed by atoms with Crippen LogP contribution in [0.25, 0.3) is 0 Å². The van der Waals surface area contributed by atoms with E-state index in [4.69, 9.17) is 0 Å². The average molecular weight is 405 g/mol. The third-order valence-electron chi connectivity index (χ3n) is 5.61. The number of nitrogens with zero attached hydrogens (tertiary/aromatic N) is 3. The number of hydrogen-bond acceptors (Lipinski definition) is 4. The molecule has 0 atom stereocenters. The summed E-state index contributed by atoms with van der Waals surface area (Å²) in [6.07, 6.45) is 4.77. The molecule has 1 N–H and O–H groups in total. The van der Waals surface area contributed by atoms with Gasteiger partial charge in [-0.1, -0.05) is 42.5 Å². The van der Waals surface area contributed by atoms with Crippen molar-refractivity contribution in [1.82, 2.24) is 9.97 Å². The molecule has 4 rings (SSSR count). The number of piperidine rings is 1. The van der Waals surface area contributed by atoms with Gasteiger partial charge in [-0.2, -0.15) is 0 Å². The summed E-state index contributed by atoms with van der Waals surface area (Å²) in [5.41, 5.74) is 2.51. The quantitative estimate of drug-likeness (QED) is 0.660. The molecule has 0 aliphatic carbocycles. The number of aromatic carboxylic acids is 1. The van der Waals surface area contributed by atoms with Crippen LogP contribution in [-0.2, 0) is 12.8 Å². The lowest BCUT2D eigenvalue weighted by Crippen LogP contribution is -2.35. The normalized spacial score (nSPS) is 14.6. The van der Waals surface area contributed by atoms with Gasteiger partial charge in [0.25, 0.3) is 0 Å². The van der Waals surface area contributed by atoms with Crippen LogP contribution in [0.3, 0.4) is 0 Å². The summed E-state index contributed by atoms with van der Waals surface area (Å²) >= 11 is 0. The monoisotopic (exact) mass is 405 g/mol. The molecule has 0 amide bonds. The van der Waals surface area contributed by atoms with Crippen molar-refractivity contribution < 1.29 is 14.3 Å². The van der Waals surface area contributed by atoms with Crippen LogP contribution in [0.5, 0.6) is 0 Å². The van der Waals surface area contributed by atoms with E-state index in [0.29, 0.717) is 23.1 Å². The van der Waals surface area contributed by atoms with E-state index in [1.165, 1.54) is 23.9 Å². The maximum atomic E-state index is 13.5.